The number of aryl methyl sites for hydroxylation is 1. The molecule has 0 amide bonds. The summed E-state index contributed by atoms with van der Waals surface area (Å²) in [5, 5.41) is -0.547. The highest BCUT2D eigenvalue weighted by molar-refractivity contribution is 7.92. The molecule has 2 aliphatic rings. The molecule has 0 N–H and O–H groups in total. The Hall–Kier alpha value is -2.33. The Morgan fingerprint density at radius 1 is 0.917 bits per heavy atom. The van der Waals surface area contributed by atoms with Crippen molar-refractivity contribution >= 4 is 9.84 Å². The van der Waals surface area contributed by atoms with E-state index in [1.54, 1.807) is 19.3 Å². The van der Waals surface area contributed by atoms with Gasteiger partial charge in [0.2, 0.25) is 0 Å². The van der Waals surface area contributed by atoms with Gasteiger partial charge in [-0.2, -0.15) is 0 Å². The van der Waals surface area contributed by atoms with E-state index in [9.17, 15) is 8.42 Å². The number of methoxy groups -OCH3 is 1. The van der Waals surface area contributed by atoms with Crippen molar-refractivity contribution in [2.24, 2.45) is 0 Å². The van der Waals surface area contributed by atoms with Crippen LogP contribution in [0.15, 0.2) is 84.0 Å². The standard InChI is InChI=1S/C20H20O3S/c1-23-19-10-6-16(7-11-19)14-15-24(21,22)20-12-8-18(9-13-20)17-4-2-3-5-17/h2-13,20H,14-15H2,1H3. The van der Waals surface area contributed by atoms with Crippen molar-refractivity contribution in [3.63, 3.8) is 0 Å². The predicted octanol–water partition coefficient (Wildman–Crippen LogP) is 3.57. The molecule has 0 saturated carbocycles. The van der Waals surface area contributed by atoms with E-state index in [0.717, 1.165) is 22.5 Å². The van der Waals surface area contributed by atoms with Gasteiger partial charge in [-0.05, 0) is 35.3 Å². The number of rotatable bonds is 5. The molecule has 0 aliphatic heterocycles. The van der Waals surface area contributed by atoms with E-state index in [2.05, 4.69) is 0 Å². The second-order valence-corrected chi connectivity index (χ2v) is 8.06. The van der Waals surface area contributed by atoms with Gasteiger partial charge in [-0.15, -0.1) is 0 Å². The molecule has 0 heterocycles. The largest absolute Gasteiger partial charge is 0.497 e. The van der Waals surface area contributed by atoms with E-state index in [1.165, 1.54) is 0 Å². The maximum absolute atomic E-state index is 12.5. The minimum absolute atomic E-state index is 0.129. The molecule has 24 heavy (non-hydrogen) atoms. The fourth-order valence-corrected chi connectivity index (χ4v) is 4.13. The Balaban J connectivity index is 1.65. The zero-order valence-electron chi connectivity index (χ0n) is 13.6. The van der Waals surface area contributed by atoms with E-state index in [4.69, 9.17) is 4.74 Å². The molecule has 124 valence electrons. The third-order valence-electron chi connectivity index (χ3n) is 4.18. The van der Waals surface area contributed by atoms with Crippen molar-refractivity contribution in [1.82, 2.24) is 0 Å². The maximum Gasteiger partial charge on any atom is 0.160 e. The van der Waals surface area contributed by atoms with Crippen LogP contribution < -0.4 is 4.74 Å². The minimum atomic E-state index is -3.21. The van der Waals surface area contributed by atoms with Gasteiger partial charge in [-0.3, -0.25) is 0 Å². The first-order valence-electron chi connectivity index (χ1n) is 7.88. The summed E-state index contributed by atoms with van der Waals surface area (Å²) < 4.78 is 30.2. The summed E-state index contributed by atoms with van der Waals surface area (Å²) in [5.74, 6) is 0.903. The number of benzene rings is 1. The summed E-state index contributed by atoms with van der Waals surface area (Å²) in [4.78, 5) is 0. The van der Waals surface area contributed by atoms with Crippen molar-refractivity contribution in [2.75, 3.05) is 12.9 Å². The van der Waals surface area contributed by atoms with Crippen molar-refractivity contribution in [1.29, 1.82) is 0 Å². The van der Waals surface area contributed by atoms with Gasteiger partial charge >= 0.3 is 0 Å². The maximum atomic E-state index is 12.5. The molecule has 0 atom stereocenters. The normalized spacial score (nSPS) is 19.3. The predicted molar refractivity (Wildman–Crippen MR) is 97.9 cm³/mol. The summed E-state index contributed by atoms with van der Waals surface area (Å²) in [6, 6.07) is 7.51. The van der Waals surface area contributed by atoms with E-state index < -0.39 is 15.1 Å². The Morgan fingerprint density at radius 3 is 2.08 bits per heavy atom. The first-order chi connectivity index (χ1) is 11.6. The van der Waals surface area contributed by atoms with Crippen molar-refractivity contribution in [3.05, 3.63) is 89.6 Å². The molecule has 2 aliphatic carbocycles. The second kappa shape index (κ2) is 7.05. The summed E-state index contributed by atoms with van der Waals surface area (Å²) in [6.07, 6.45) is 15.8. The minimum Gasteiger partial charge on any atom is -0.497 e. The van der Waals surface area contributed by atoms with Crippen LogP contribution in [-0.4, -0.2) is 26.5 Å². The van der Waals surface area contributed by atoms with E-state index in [1.807, 2.05) is 60.7 Å². The topological polar surface area (TPSA) is 43.4 Å². The van der Waals surface area contributed by atoms with Crippen LogP contribution in [0.25, 0.3) is 0 Å². The Bertz CT molecular complexity index is 821. The van der Waals surface area contributed by atoms with Gasteiger partial charge < -0.3 is 4.74 Å². The molecule has 1 aromatic carbocycles. The monoisotopic (exact) mass is 340 g/mol. The van der Waals surface area contributed by atoms with E-state index in [-0.39, 0.29) is 5.75 Å². The highest BCUT2D eigenvalue weighted by Crippen LogP contribution is 2.22. The Kier molecular flexibility index (Phi) is 4.86. The van der Waals surface area contributed by atoms with Crippen LogP contribution in [0.2, 0.25) is 0 Å². The summed E-state index contributed by atoms with van der Waals surface area (Å²) >= 11 is 0. The summed E-state index contributed by atoms with van der Waals surface area (Å²) in [5.41, 5.74) is 3.14. The van der Waals surface area contributed by atoms with Crippen LogP contribution in [0.4, 0.5) is 0 Å². The fraction of sp³-hybridized carbons (Fsp3) is 0.200. The van der Waals surface area contributed by atoms with Crippen LogP contribution in [0.3, 0.4) is 0 Å². The Labute approximate surface area is 143 Å². The lowest BCUT2D eigenvalue weighted by Crippen LogP contribution is -2.22. The first kappa shape index (κ1) is 16.5. The van der Waals surface area contributed by atoms with Crippen LogP contribution in [-0.2, 0) is 16.3 Å². The summed E-state index contributed by atoms with van der Waals surface area (Å²) in [6.45, 7) is 0. The molecule has 0 fully saturated rings. The number of hydrogen-bond donors (Lipinski definition) is 0. The van der Waals surface area contributed by atoms with Crippen LogP contribution >= 0.6 is 0 Å². The highest BCUT2D eigenvalue weighted by atomic mass is 32.2. The molecule has 4 heteroatoms. The molecule has 3 nitrogen and oxygen atoms in total. The van der Waals surface area contributed by atoms with Gasteiger partial charge in [-0.1, -0.05) is 60.7 Å². The molecular weight excluding hydrogens is 320 g/mol. The Morgan fingerprint density at radius 2 is 1.50 bits per heavy atom. The highest BCUT2D eigenvalue weighted by Gasteiger charge is 2.22. The third-order valence-corrected chi connectivity index (χ3v) is 6.09. The number of ether oxygens (including phenoxy) is 1. The average molecular weight is 340 g/mol. The lowest BCUT2D eigenvalue weighted by atomic mass is 10.0. The van der Waals surface area contributed by atoms with E-state index in [0.29, 0.717) is 6.42 Å². The third kappa shape index (κ3) is 3.77. The van der Waals surface area contributed by atoms with Crippen LogP contribution in [0.1, 0.15) is 5.56 Å². The zero-order chi connectivity index (χ0) is 17.0. The van der Waals surface area contributed by atoms with Gasteiger partial charge in [0.25, 0.3) is 0 Å². The molecule has 0 aromatic heterocycles. The molecule has 0 radical (unpaired) electrons. The summed E-state index contributed by atoms with van der Waals surface area (Å²) in [7, 11) is -1.59. The van der Waals surface area contributed by atoms with Crippen molar-refractivity contribution in [3.8, 4) is 5.75 Å². The molecular formula is C20H20O3S. The fourth-order valence-electron chi connectivity index (χ4n) is 2.70. The molecule has 0 bridgehead atoms. The molecule has 1 aromatic rings. The molecule has 3 rings (SSSR count). The van der Waals surface area contributed by atoms with E-state index >= 15 is 0 Å². The van der Waals surface area contributed by atoms with Gasteiger partial charge in [0, 0.05) is 0 Å². The van der Waals surface area contributed by atoms with Crippen molar-refractivity contribution in [2.45, 2.75) is 11.7 Å². The van der Waals surface area contributed by atoms with Crippen LogP contribution in [0.5, 0.6) is 5.75 Å². The first-order valence-corrected chi connectivity index (χ1v) is 9.60. The lowest BCUT2D eigenvalue weighted by molar-refractivity contribution is 0.414. The number of hydrogen-bond acceptors (Lipinski definition) is 3. The SMILES string of the molecule is COc1ccc(CCS(=O)(=O)C2C=CC(=C3C=CC=C3)C=C2)cc1. The van der Waals surface area contributed by atoms with Gasteiger partial charge in [0.1, 0.15) is 5.75 Å². The zero-order valence-corrected chi connectivity index (χ0v) is 14.4. The lowest BCUT2D eigenvalue weighted by Gasteiger charge is -2.14. The van der Waals surface area contributed by atoms with Gasteiger partial charge in [-0.25, -0.2) is 8.42 Å². The average Bonchev–Trinajstić information content (AvgIpc) is 3.15. The van der Waals surface area contributed by atoms with Gasteiger partial charge in [0.15, 0.2) is 9.84 Å². The second-order valence-electron chi connectivity index (χ2n) is 5.78. The van der Waals surface area contributed by atoms with Gasteiger partial charge in [0.05, 0.1) is 18.1 Å². The molecule has 0 spiro atoms. The number of allylic oxidation sites excluding steroid dienone is 8. The molecule has 0 unspecified atom stereocenters. The molecule has 0 saturated heterocycles. The smallest absolute Gasteiger partial charge is 0.160 e. The number of sulfone groups is 1. The van der Waals surface area contributed by atoms with Crippen molar-refractivity contribution < 1.29 is 13.2 Å². The quantitative estimate of drug-likeness (QED) is 0.823. The van der Waals surface area contributed by atoms with Crippen LogP contribution in [0, 0.1) is 0 Å².